The van der Waals surface area contributed by atoms with Crippen LogP contribution in [0, 0.1) is 0 Å². The van der Waals surface area contributed by atoms with Crippen LogP contribution in [0.1, 0.15) is 11.1 Å². The first-order chi connectivity index (χ1) is 12.8. The molecule has 0 saturated carbocycles. The summed E-state index contributed by atoms with van der Waals surface area (Å²) >= 11 is 7.84. The fourth-order valence-electron chi connectivity index (χ4n) is 3.62. The summed E-state index contributed by atoms with van der Waals surface area (Å²) in [4.78, 5) is 2.55. The van der Waals surface area contributed by atoms with E-state index in [-0.39, 0.29) is 0 Å². The van der Waals surface area contributed by atoms with Crippen LogP contribution < -0.4 is 5.32 Å². The van der Waals surface area contributed by atoms with Crippen molar-refractivity contribution in [2.24, 2.45) is 0 Å². The first-order valence-corrected chi connectivity index (χ1v) is 10.4. The van der Waals surface area contributed by atoms with E-state index in [1.54, 1.807) is 11.3 Å². The van der Waals surface area contributed by atoms with Gasteiger partial charge in [-0.05, 0) is 34.6 Å². The summed E-state index contributed by atoms with van der Waals surface area (Å²) in [5.41, 5.74) is 5.10. The van der Waals surface area contributed by atoms with Crippen LogP contribution in [-0.2, 0) is 13.0 Å². The zero-order valence-electron chi connectivity index (χ0n) is 14.7. The van der Waals surface area contributed by atoms with Crippen LogP contribution >= 0.6 is 22.9 Å². The van der Waals surface area contributed by atoms with Gasteiger partial charge in [0.1, 0.15) is 4.34 Å². The lowest BCUT2D eigenvalue weighted by atomic mass is 10.0. The highest BCUT2D eigenvalue weighted by molar-refractivity contribution is 7.15. The summed E-state index contributed by atoms with van der Waals surface area (Å²) in [5.74, 6) is 0. The number of piperazine rings is 1. The van der Waals surface area contributed by atoms with Gasteiger partial charge in [-0.3, -0.25) is 4.90 Å². The SMILES string of the molecule is Clc1sccc1-c1ccc(CN2CCNC(Cc3ccccc3)C2)cc1. The van der Waals surface area contributed by atoms with Gasteiger partial charge in [-0.25, -0.2) is 0 Å². The highest BCUT2D eigenvalue weighted by Gasteiger charge is 2.19. The number of benzene rings is 2. The monoisotopic (exact) mass is 382 g/mol. The van der Waals surface area contributed by atoms with E-state index in [0.29, 0.717) is 6.04 Å². The predicted molar refractivity (Wildman–Crippen MR) is 112 cm³/mol. The maximum absolute atomic E-state index is 6.26. The average Bonchev–Trinajstić information content (AvgIpc) is 3.10. The molecule has 4 rings (SSSR count). The molecule has 2 aromatic carbocycles. The maximum Gasteiger partial charge on any atom is 0.101 e. The normalized spacial score (nSPS) is 18.1. The second-order valence-electron chi connectivity index (χ2n) is 6.88. The van der Waals surface area contributed by atoms with Crippen LogP contribution in [0.3, 0.4) is 0 Å². The van der Waals surface area contributed by atoms with E-state index in [0.717, 1.165) is 42.5 Å². The van der Waals surface area contributed by atoms with Crippen LogP contribution in [0.25, 0.3) is 11.1 Å². The molecule has 2 nitrogen and oxygen atoms in total. The minimum absolute atomic E-state index is 0.523. The summed E-state index contributed by atoms with van der Waals surface area (Å²) < 4.78 is 0.864. The fourth-order valence-corrected chi connectivity index (χ4v) is 4.58. The van der Waals surface area contributed by atoms with Gasteiger partial charge in [0, 0.05) is 37.8 Å². The number of hydrogen-bond acceptors (Lipinski definition) is 3. The van der Waals surface area contributed by atoms with E-state index < -0.39 is 0 Å². The van der Waals surface area contributed by atoms with Crippen LogP contribution in [0.4, 0.5) is 0 Å². The van der Waals surface area contributed by atoms with Crippen molar-refractivity contribution >= 4 is 22.9 Å². The molecule has 1 atom stereocenters. The van der Waals surface area contributed by atoms with Crippen molar-refractivity contribution in [1.29, 1.82) is 0 Å². The highest BCUT2D eigenvalue weighted by Crippen LogP contribution is 2.32. The molecule has 0 radical (unpaired) electrons. The number of nitrogens with one attached hydrogen (secondary N) is 1. The van der Waals surface area contributed by atoms with Crippen molar-refractivity contribution in [3.63, 3.8) is 0 Å². The third kappa shape index (κ3) is 4.36. The quantitative estimate of drug-likeness (QED) is 0.661. The zero-order chi connectivity index (χ0) is 17.8. The number of halogens is 1. The van der Waals surface area contributed by atoms with Gasteiger partial charge in [0.2, 0.25) is 0 Å². The lowest BCUT2D eigenvalue weighted by Gasteiger charge is -2.34. The molecule has 0 spiro atoms. The largest absolute Gasteiger partial charge is 0.311 e. The van der Waals surface area contributed by atoms with Gasteiger partial charge in [-0.15, -0.1) is 11.3 Å². The topological polar surface area (TPSA) is 15.3 Å². The zero-order valence-corrected chi connectivity index (χ0v) is 16.3. The predicted octanol–water partition coefficient (Wildman–Crippen LogP) is 5.09. The molecule has 134 valence electrons. The van der Waals surface area contributed by atoms with Crippen molar-refractivity contribution in [3.05, 3.63) is 81.5 Å². The van der Waals surface area contributed by atoms with E-state index >= 15 is 0 Å². The molecule has 3 aromatic rings. The molecule has 1 aromatic heterocycles. The summed E-state index contributed by atoms with van der Waals surface area (Å²) in [7, 11) is 0. The minimum atomic E-state index is 0.523. The Balaban J connectivity index is 1.37. The van der Waals surface area contributed by atoms with E-state index in [9.17, 15) is 0 Å². The first kappa shape index (κ1) is 17.7. The van der Waals surface area contributed by atoms with Crippen LogP contribution in [0.2, 0.25) is 4.34 Å². The third-order valence-corrected chi connectivity index (χ3v) is 6.12. The summed E-state index contributed by atoms with van der Waals surface area (Å²) in [6, 6.07) is 22.2. The molecule has 1 aliphatic rings. The van der Waals surface area contributed by atoms with Gasteiger partial charge in [-0.2, -0.15) is 0 Å². The van der Waals surface area contributed by atoms with Crippen LogP contribution in [-0.4, -0.2) is 30.6 Å². The second kappa shape index (κ2) is 8.36. The van der Waals surface area contributed by atoms with Gasteiger partial charge < -0.3 is 5.32 Å². The number of nitrogens with zero attached hydrogens (tertiary/aromatic N) is 1. The number of thiophene rings is 1. The Morgan fingerprint density at radius 3 is 2.54 bits per heavy atom. The molecule has 26 heavy (non-hydrogen) atoms. The third-order valence-electron chi connectivity index (χ3n) is 4.95. The molecule has 0 aliphatic carbocycles. The van der Waals surface area contributed by atoms with Gasteiger partial charge in [0.15, 0.2) is 0 Å². The van der Waals surface area contributed by atoms with Crippen molar-refractivity contribution in [3.8, 4) is 11.1 Å². The Morgan fingerprint density at radius 1 is 1.00 bits per heavy atom. The molecule has 4 heteroatoms. The lowest BCUT2D eigenvalue weighted by Crippen LogP contribution is -2.51. The van der Waals surface area contributed by atoms with E-state index in [1.165, 1.54) is 16.7 Å². The molecule has 1 aliphatic heterocycles. The molecule has 1 saturated heterocycles. The number of hydrogen-bond donors (Lipinski definition) is 1. The smallest absolute Gasteiger partial charge is 0.101 e. The molecule has 0 amide bonds. The van der Waals surface area contributed by atoms with Crippen molar-refractivity contribution < 1.29 is 0 Å². The van der Waals surface area contributed by atoms with Gasteiger partial charge >= 0.3 is 0 Å². The molecule has 1 N–H and O–H groups in total. The van der Waals surface area contributed by atoms with E-state index in [2.05, 4.69) is 70.9 Å². The summed E-state index contributed by atoms with van der Waals surface area (Å²) in [6.07, 6.45) is 1.09. The maximum atomic E-state index is 6.26. The average molecular weight is 383 g/mol. The van der Waals surface area contributed by atoms with Crippen molar-refractivity contribution in [2.75, 3.05) is 19.6 Å². The molecule has 2 heterocycles. The number of rotatable bonds is 5. The van der Waals surface area contributed by atoms with Gasteiger partial charge in [-0.1, -0.05) is 66.2 Å². The lowest BCUT2D eigenvalue weighted by molar-refractivity contribution is 0.192. The minimum Gasteiger partial charge on any atom is -0.311 e. The Morgan fingerprint density at radius 2 is 1.81 bits per heavy atom. The fraction of sp³-hybridized carbons (Fsp3) is 0.273. The summed E-state index contributed by atoms with van der Waals surface area (Å²) in [5, 5.41) is 5.70. The van der Waals surface area contributed by atoms with E-state index in [1.807, 2.05) is 5.38 Å². The van der Waals surface area contributed by atoms with Gasteiger partial charge in [0.25, 0.3) is 0 Å². The second-order valence-corrected chi connectivity index (χ2v) is 8.40. The summed E-state index contributed by atoms with van der Waals surface area (Å²) in [6.45, 7) is 4.25. The molecular formula is C22H23ClN2S. The molecular weight excluding hydrogens is 360 g/mol. The highest BCUT2D eigenvalue weighted by atomic mass is 35.5. The Hall–Kier alpha value is -1.65. The Labute approximate surface area is 164 Å². The van der Waals surface area contributed by atoms with E-state index in [4.69, 9.17) is 11.6 Å². The molecule has 0 bridgehead atoms. The van der Waals surface area contributed by atoms with Crippen LogP contribution in [0.15, 0.2) is 66.0 Å². The van der Waals surface area contributed by atoms with Crippen LogP contribution in [0.5, 0.6) is 0 Å². The van der Waals surface area contributed by atoms with Crippen molar-refractivity contribution in [2.45, 2.75) is 19.0 Å². The van der Waals surface area contributed by atoms with Crippen molar-refractivity contribution in [1.82, 2.24) is 10.2 Å². The first-order valence-electron chi connectivity index (χ1n) is 9.10. The Bertz CT molecular complexity index is 829. The Kier molecular flexibility index (Phi) is 5.71. The standard InChI is InChI=1S/C22H23ClN2S/c23-22-21(10-13-26-22)19-8-6-18(7-9-19)15-25-12-11-24-20(16-25)14-17-4-2-1-3-5-17/h1-10,13,20,24H,11-12,14-16H2. The van der Waals surface area contributed by atoms with Gasteiger partial charge in [0.05, 0.1) is 0 Å². The molecule has 1 fully saturated rings. The molecule has 1 unspecified atom stereocenters.